The molecule has 0 nitrogen and oxygen atoms in total. The highest BCUT2D eigenvalue weighted by Gasteiger charge is 2.26. The highest BCUT2D eigenvalue weighted by Crippen LogP contribution is 2.31. The molecule has 0 N–H and O–H groups in total. The SMILES string of the molecule is CCCCCCCC/C=C\SC(F)(F)F. The molecule has 0 unspecified atom stereocenters. The number of thioether (sulfide) groups is 1. The summed E-state index contributed by atoms with van der Waals surface area (Å²) in [5.41, 5.74) is -4.13. The van der Waals surface area contributed by atoms with Crippen LogP contribution in [0.5, 0.6) is 0 Å². The normalized spacial score (nSPS) is 12.5. The molecule has 0 saturated heterocycles. The topological polar surface area (TPSA) is 0 Å². The van der Waals surface area contributed by atoms with E-state index in [1.807, 2.05) is 0 Å². The molecule has 0 aromatic heterocycles. The zero-order chi connectivity index (χ0) is 11.6. The summed E-state index contributed by atoms with van der Waals surface area (Å²) in [6, 6.07) is 0. The molecule has 0 fully saturated rings. The van der Waals surface area contributed by atoms with Crippen LogP contribution >= 0.6 is 11.8 Å². The van der Waals surface area contributed by atoms with Crippen LogP contribution in [0.3, 0.4) is 0 Å². The molecule has 0 radical (unpaired) electrons. The van der Waals surface area contributed by atoms with Crippen molar-refractivity contribution in [3.8, 4) is 0 Å². The molecule has 0 saturated carbocycles. The molecule has 4 heteroatoms. The van der Waals surface area contributed by atoms with Crippen LogP contribution in [0.25, 0.3) is 0 Å². The van der Waals surface area contributed by atoms with Crippen LogP contribution in [-0.4, -0.2) is 5.51 Å². The Balaban J connectivity index is 3.17. The molecule has 0 atom stereocenters. The lowest BCUT2D eigenvalue weighted by molar-refractivity contribution is -0.0320. The second-order valence-corrected chi connectivity index (χ2v) is 4.46. The Bertz CT molecular complexity index is 164. The van der Waals surface area contributed by atoms with E-state index in [4.69, 9.17) is 0 Å². The minimum Gasteiger partial charge on any atom is -0.160 e. The third-order valence-corrected chi connectivity index (χ3v) is 2.62. The molecule has 0 aliphatic heterocycles. The summed E-state index contributed by atoms with van der Waals surface area (Å²) >= 11 is -0.0751. The highest BCUT2D eigenvalue weighted by molar-refractivity contribution is 8.02. The zero-order valence-corrected chi connectivity index (χ0v) is 9.96. The van der Waals surface area contributed by atoms with E-state index >= 15 is 0 Å². The molecule has 0 aromatic carbocycles. The van der Waals surface area contributed by atoms with E-state index in [0.29, 0.717) is 0 Å². The van der Waals surface area contributed by atoms with Gasteiger partial charge in [-0.2, -0.15) is 13.2 Å². The van der Waals surface area contributed by atoms with Gasteiger partial charge in [-0.25, -0.2) is 0 Å². The Kier molecular flexibility index (Phi) is 9.06. The average molecular weight is 240 g/mol. The largest absolute Gasteiger partial charge is 0.445 e. The Morgan fingerprint density at radius 1 is 1.00 bits per heavy atom. The third-order valence-electron chi connectivity index (χ3n) is 2.02. The van der Waals surface area contributed by atoms with Gasteiger partial charge in [-0.05, 0) is 30.0 Å². The number of unbranched alkanes of at least 4 members (excludes halogenated alkanes) is 6. The summed E-state index contributed by atoms with van der Waals surface area (Å²) in [7, 11) is 0. The van der Waals surface area contributed by atoms with Crippen molar-refractivity contribution in [1.82, 2.24) is 0 Å². The molecule has 0 bridgehead atoms. The van der Waals surface area contributed by atoms with Gasteiger partial charge >= 0.3 is 5.51 Å². The molecule has 0 spiro atoms. The Morgan fingerprint density at radius 3 is 2.20 bits per heavy atom. The van der Waals surface area contributed by atoms with E-state index in [1.54, 1.807) is 6.08 Å². The van der Waals surface area contributed by atoms with E-state index in [0.717, 1.165) is 24.7 Å². The fourth-order valence-electron chi connectivity index (χ4n) is 1.24. The minimum atomic E-state index is -4.13. The number of rotatable bonds is 8. The van der Waals surface area contributed by atoms with Crippen LogP contribution in [0, 0.1) is 0 Å². The molecule has 0 aliphatic carbocycles. The summed E-state index contributed by atoms with van der Waals surface area (Å²) in [6.45, 7) is 2.16. The average Bonchev–Trinajstić information content (AvgIpc) is 2.14. The molecule has 0 amide bonds. The summed E-state index contributed by atoms with van der Waals surface area (Å²) in [5, 5.41) is 1.14. The van der Waals surface area contributed by atoms with Gasteiger partial charge < -0.3 is 0 Å². The van der Waals surface area contributed by atoms with Crippen molar-refractivity contribution in [2.75, 3.05) is 0 Å². The summed E-state index contributed by atoms with van der Waals surface area (Å²) < 4.78 is 35.0. The molecule has 0 aliphatic rings. The van der Waals surface area contributed by atoms with E-state index < -0.39 is 5.51 Å². The fraction of sp³-hybridized carbons (Fsp3) is 0.818. The van der Waals surface area contributed by atoms with Gasteiger partial charge in [0.05, 0.1) is 0 Å². The predicted molar refractivity (Wildman–Crippen MR) is 60.8 cm³/mol. The van der Waals surface area contributed by atoms with Crippen LogP contribution in [-0.2, 0) is 0 Å². The minimum absolute atomic E-state index is 0.0751. The maximum absolute atomic E-state index is 11.7. The van der Waals surface area contributed by atoms with E-state index in [2.05, 4.69) is 6.92 Å². The maximum atomic E-state index is 11.7. The molecular formula is C11H19F3S. The molecule has 0 rings (SSSR count). The van der Waals surface area contributed by atoms with Gasteiger partial charge in [0, 0.05) is 0 Å². The first-order valence-corrected chi connectivity index (χ1v) is 6.34. The van der Waals surface area contributed by atoms with Crippen molar-refractivity contribution in [1.29, 1.82) is 0 Å². The van der Waals surface area contributed by atoms with Gasteiger partial charge in [0.25, 0.3) is 0 Å². The first-order valence-electron chi connectivity index (χ1n) is 5.46. The second kappa shape index (κ2) is 9.13. The first-order chi connectivity index (χ1) is 7.06. The third kappa shape index (κ3) is 13.9. The summed E-state index contributed by atoms with van der Waals surface area (Å²) in [4.78, 5) is 0. The van der Waals surface area contributed by atoms with Crippen molar-refractivity contribution in [3.63, 3.8) is 0 Å². The van der Waals surface area contributed by atoms with Gasteiger partial charge in [0.1, 0.15) is 0 Å². The van der Waals surface area contributed by atoms with Gasteiger partial charge in [-0.15, -0.1) is 0 Å². The summed E-state index contributed by atoms with van der Waals surface area (Å²) in [6.07, 6.45) is 9.43. The van der Waals surface area contributed by atoms with Gasteiger partial charge in [0.15, 0.2) is 0 Å². The zero-order valence-electron chi connectivity index (χ0n) is 9.15. The summed E-state index contributed by atoms with van der Waals surface area (Å²) in [5.74, 6) is 0. The number of alkyl halides is 3. The van der Waals surface area contributed by atoms with Crippen molar-refractivity contribution in [3.05, 3.63) is 11.5 Å². The second-order valence-electron chi connectivity index (χ2n) is 3.49. The Labute approximate surface area is 94.3 Å². The van der Waals surface area contributed by atoms with Crippen LogP contribution in [0.15, 0.2) is 11.5 Å². The van der Waals surface area contributed by atoms with Crippen molar-refractivity contribution in [2.24, 2.45) is 0 Å². The lowest BCUT2D eigenvalue weighted by atomic mass is 10.1. The quantitative estimate of drug-likeness (QED) is 0.504. The van der Waals surface area contributed by atoms with Crippen molar-refractivity contribution in [2.45, 2.75) is 57.4 Å². The monoisotopic (exact) mass is 240 g/mol. The maximum Gasteiger partial charge on any atom is 0.445 e. The van der Waals surface area contributed by atoms with Crippen molar-refractivity contribution >= 4 is 11.8 Å². The van der Waals surface area contributed by atoms with E-state index in [9.17, 15) is 13.2 Å². The fourth-order valence-corrected chi connectivity index (χ4v) is 1.62. The van der Waals surface area contributed by atoms with Gasteiger partial charge in [-0.1, -0.05) is 45.1 Å². The van der Waals surface area contributed by atoms with E-state index in [-0.39, 0.29) is 11.8 Å². The van der Waals surface area contributed by atoms with Crippen molar-refractivity contribution < 1.29 is 13.2 Å². The van der Waals surface area contributed by atoms with Crippen LogP contribution in [0.2, 0.25) is 0 Å². The van der Waals surface area contributed by atoms with E-state index in [1.165, 1.54) is 25.7 Å². The molecule has 0 aromatic rings. The number of halogens is 3. The highest BCUT2D eigenvalue weighted by atomic mass is 32.2. The molecule has 0 heterocycles. The number of hydrogen-bond acceptors (Lipinski definition) is 1. The lowest BCUT2D eigenvalue weighted by Crippen LogP contribution is -1.96. The first kappa shape index (κ1) is 14.9. The predicted octanol–water partition coefficient (Wildman–Crippen LogP) is 5.50. The smallest absolute Gasteiger partial charge is 0.160 e. The van der Waals surface area contributed by atoms with Gasteiger partial charge in [0.2, 0.25) is 0 Å². The molecule has 15 heavy (non-hydrogen) atoms. The molecular weight excluding hydrogens is 221 g/mol. The lowest BCUT2D eigenvalue weighted by Gasteiger charge is -1.99. The Morgan fingerprint density at radius 2 is 1.60 bits per heavy atom. The van der Waals surface area contributed by atoms with Crippen LogP contribution in [0.4, 0.5) is 13.2 Å². The van der Waals surface area contributed by atoms with Crippen LogP contribution < -0.4 is 0 Å². The van der Waals surface area contributed by atoms with Crippen LogP contribution in [0.1, 0.15) is 51.9 Å². The number of hydrogen-bond donors (Lipinski definition) is 0. The molecule has 90 valence electrons. The number of allylic oxidation sites excluding steroid dienone is 1. The Hall–Kier alpha value is -0.120. The van der Waals surface area contributed by atoms with Gasteiger partial charge in [-0.3, -0.25) is 0 Å². The standard InChI is InChI=1S/C11H19F3S/c1-2-3-4-5-6-7-8-9-10-15-11(12,13)14/h9-10H,2-8H2,1H3/b10-9-.